The zero-order valence-corrected chi connectivity index (χ0v) is 13.5. The SMILES string of the molecule is Cc1cc(C(=O)NCC2CSCCS2)sc1Br. The predicted molar refractivity (Wildman–Crippen MR) is 82.7 cm³/mol. The van der Waals surface area contributed by atoms with Crippen molar-refractivity contribution >= 4 is 56.7 Å². The van der Waals surface area contributed by atoms with Gasteiger partial charge in [0.05, 0.1) is 8.66 Å². The molecule has 2 nitrogen and oxygen atoms in total. The van der Waals surface area contributed by atoms with Crippen LogP contribution < -0.4 is 5.32 Å². The maximum absolute atomic E-state index is 11.9. The monoisotopic (exact) mass is 351 g/mol. The molecule has 1 aliphatic rings. The van der Waals surface area contributed by atoms with Gasteiger partial charge in [0.25, 0.3) is 5.91 Å². The standard InChI is InChI=1S/C11H14BrNOS3/c1-7-4-9(17-10(7)12)11(14)13-5-8-6-15-2-3-16-8/h4,8H,2-3,5-6H2,1H3,(H,13,14). The maximum atomic E-state index is 11.9. The molecule has 1 aromatic heterocycles. The predicted octanol–water partition coefficient (Wildman–Crippen LogP) is 3.40. The summed E-state index contributed by atoms with van der Waals surface area (Å²) in [5.41, 5.74) is 1.13. The number of thiophene rings is 1. The van der Waals surface area contributed by atoms with Crippen LogP contribution in [-0.4, -0.2) is 35.0 Å². The van der Waals surface area contributed by atoms with Crippen molar-refractivity contribution in [1.82, 2.24) is 5.32 Å². The van der Waals surface area contributed by atoms with E-state index in [2.05, 4.69) is 21.2 Å². The van der Waals surface area contributed by atoms with Gasteiger partial charge in [-0.25, -0.2) is 0 Å². The van der Waals surface area contributed by atoms with Crippen molar-refractivity contribution in [3.05, 3.63) is 20.3 Å². The normalized spacial score (nSPS) is 20.2. The average molecular weight is 352 g/mol. The van der Waals surface area contributed by atoms with Crippen molar-refractivity contribution in [2.24, 2.45) is 0 Å². The van der Waals surface area contributed by atoms with Crippen LogP contribution in [0.4, 0.5) is 0 Å². The maximum Gasteiger partial charge on any atom is 0.261 e. The van der Waals surface area contributed by atoms with Gasteiger partial charge in [0.1, 0.15) is 0 Å². The molecule has 2 rings (SSSR count). The fourth-order valence-corrected chi connectivity index (χ4v) is 5.58. The lowest BCUT2D eigenvalue weighted by Crippen LogP contribution is -2.33. The first-order valence-electron chi connectivity index (χ1n) is 5.40. The van der Waals surface area contributed by atoms with E-state index in [4.69, 9.17) is 0 Å². The van der Waals surface area contributed by atoms with Gasteiger partial charge < -0.3 is 5.32 Å². The van der Waals surface area contributed by atoms with Gasteiger partial charge in [0.15, 0.2) is 0 Å². The fourth-order valence-electron chi connectivity index (χ4n) is 1.52. The molecular formula is C11H14BrNOS3. The van der Waals surface area contributed by atoms with Crippen LogP contribution in [0.15, 0.2) is 9.85 Å². The Morgan fingerprint density at radius 1 is 1.59 bits per heavy atom. The summed E-state index contributed by atoms with van der Waals surface area (Å²) >= 11 is 8.89. The number of thioether (sulfide) groups is 2. The summed E-state index contributed by atoms with van der Waals surface area (Å²) in [6, 6.07) is 1.94. The lowest BCUT2D eigenvalue weighted by Gasteiger charge is -2.20. The second-order valence-corrected chi connectivity index (χ2v) is 8.77. The molecule has 0 saturated carbocycles. The third-order valence-electron chi connectivity index (χ3n) is 2.46. The van der Waals surface area contributed by atoms with Gasteiger partial charge in [-0.1, -0.05) is 0 Å². The van der Waals surface area contributed by atoms with Crippen molar-refractivity contribution in [1.29, 1.82) is 0 Å². The molecule has 17 heavy (non-hydrogen) atoms. The summed E-state index contributed by atoms with van der Waals surface area (Å²) in [6.45, 7) is 2.79. The first kappa shape index (κ1) is 13.8. The first-order chi connectivity index (χ1) is 8.16. The number of aryl methyl sites for hydroxylation is 1. The summed E-state index contributed by atoms with van der Waals surface area (Å²) in [5.74, 6) is 3.65. The molecule has 1 unspecified atom stereocenters. The second-order valence-electron chi connectivity index (χ2n) is 3.85. The van der Waals surface area contributed by atoms with E-state index in [-0.39, 0.29) is 5.91 Å². The molecule has 94 valence electrons. The van der Waals surface area contributed by atoms with E-state index in [0.717, 1.165) is 26.5 Å². The Kier molecular flexibility index (Phi) is 5.26. The number of rotatable bonds is 3. The Balaban J connectivity index is 1.84. The van der Waals surface area contributed by atoms with Crippen LogP contribution in [-0.2, 0) is 0 Å². The van der Waals surface area contributed by atoms with Crippen LogP contribution in [0, 0.1) is 6.92 Å². The Bertz CT molecular complexity index is 382. The molecule has 0 aromatic carbocycles. The minimum Gasteiger partial charge on any atom is -0.350 e. The van der Waals surface area contributed by atoms with E-state index < -0.39 is 0 Å². The molecule has 1 N–H and O–H groups in total. The molecule has 2 heterocycles. The summed E-state index contributed by atoms with van der Waals surface area (Å²) < 4.78 is 1.05. The van der Waals surface area contributed by atoms with E-state index in [1.165, 1.54) is 22.8 Å². The summed E-state index contributed by atoms with van der Waals surface area (Å²) in [7, 11) is 0. The minimum atomic E-state index is 0.0555. The lowest BCUT2D eigenvalue weighted by atomic mass is 10.3. The highest BCUT2D eigenvalue weighted by molar-refractivity contribution is 9.11. The molecule has 1 atom stereocenters. The largest absolute Gasteiger partial charge is 0.350 e. The Morgan fingerprint density at radius 3 is 3.00 bits per heavy atom. The van der Waals surface area contributed by atoms with Crippen LogP contribution in [0.5, 0.6) is 0 Å². The molecule has 1 aromatic rings. The van der Waals surface area contributed by atoms with Gasteiger partial charge in [-0.2, -0.15) is 23.5 Å². The minimum absolute atomic E-state index is 0.0555. The fraction of sp³-hybridized carbons (Fsp3) is 0.545. The van der Waals surface area contributed by atoms with E-state index in [1.807, 2.05) is 36.5 Å². The average Bonchev–Trinajstić information content (AvgIpc) is 2.68. The van der Waals surface area contributed by atoms with Crippen LogP contribution in [0.1, 0.15) is 15.2 Å². The van der Waals surface area contributed by atoms with E-state index >= 15 is 0 Å². The van der Waals surface area contributed by atoms with Crippen LogP contribution in [0.25, 0.3) is 0 Å². The van der Waals surface area contributed by atoms with Crippen molar-refractivity contribution in [3.8, 4) is 0 Å². The lowest BCUT2D eigenvalue weighted by molar-refractivity contribution is 0.0958. The molecule has 1 fully saturated rings. The number of amides is 1. The number of hydrogen-bond donors (Lipinski definition) is 1. The van der Waals surface area contributed by atoms with E-state index in [0.29, 0.717) is 5.25 Å². The quantitative estimate of drug-likeness (QED) is 0.904. The van der Waals surface area contributed by atoms with E-state index in [9.17, 15) is 4.79 Å². The molecule has 0 radical (unpaired) electrons. The van der Waals surface area contributed by atoms with Crippen molar-refractivity contribution in [3.63, 3.8) is 0 Å². The molecule has 6 heteroatoms. The number of hydrogen-bond acceptors (Lipinski definition) is 4. The van der Waals surface area contributed by atoms with Crippen LogP contribution in [0.3, 0.4) is 0 Å². The molecule has 1 amide bonds. The highest BCUT2D eigenvalue weighted by atomic mass is 79.9. The zero-order chi connectivity index (χ0) is 12.3. The van der Waals surface area contributed by atoms with Gasteiger partial charge in [-0.05, 0) is 34.5 Å². The Morgan fingerprint density at radius 2 is 2.41 bits per heavy atom. The highest BCUT2D eigenvalue weighted by Crippen LogP contribution is 2.27. The number of halogens is 1. The topological polar surface area (TPSA) is 29.1 Å². The number of nitrogens with one attached hydrogen (secondary N) is 1. The van der Waals surface area contributed by atoms with Crippen molar-refractivity contribution < 1.29 is 4.79 Å². The van der Waals surface area contributed by atoms with Gasteiger partial charge >= 0.3 is 0 Å². The van der Waals surface area contributed by atoms with Gasteiger partial charge in [0, 0.05) is 29.1 Å². The molecular weight excluding hydrogens is 338 g/mol. The van der Waals surface area contributed by atoms with Gasteiger partial charge in [0.2, 0.25) is 0 Å². The van der Waals surface area contributed by atoms with Gasteiger partial charge in [-0.3, -0.25) is 4.79 Å². The summed E-state index contributed by atoms with van der Waals surface area (Å²) in [5, 5.41) is 3.60. The summed E-state index contributed by atoms with van der Waals surface area (Å²) in [4.78, 5) is 12.7. The molecule has 0 aliphatic carbocycles. The third-order valence-corrected chi connectivity index (χ3v) is 7.44. The Labute approximate surface area is 122 Å². The molecule has 1 aliphatic heterocycles. The molecule has 0 bridgehead atoms. The molecule has 0 spiro atoms. The summed E-state index contributed by atoms with van der Waals surface area (Å²) in [6.07, 6.45) is 0. The van der Waals surface area contributed by atoms with Crippen LogP contribution in [0.2, 0.25) is 0 Å². The zero-order valence-electron chi connectivity index (χ0n) is 9.49. The van der Waals surface area contributed by atoms with Crippen LogP contribution >= 0.6 is 50.8 Å². The first-order valence-corrected chi connectivity index (χ1v) is 9.21. The van der Waals surface area contributed by atoms with E-state index in [1.54, 1.807) is 0 Å². The Hall–Kier alpha value is 0.350. The van der Waals surface area contributed by atoms with Crippen molar-refractivity contribution in [2.75, 3.05) is 23.8 Å². The van der Waals surface area contributed by atoms with Gasteiger partial charge in [-0.15, -0.1) is 11.3 Å². The third kappa shape index (κ3) is 3.91. The number of carbonyl (C=O) groups is 1. The molecule has 1 saturated heterocycles. The number of carbonyl (C=O) groups excluding carboxylic acids is 1. The smallest absolute Gasteiger partial charge is 0.261 e. The second kappa shape index (κ2) is 6.50. The highest BCUT2D eigenvalue weighted by Gasteiger charge is 2.16. The van der Waals surface area contributed by atoms with Crippen molar-refractivity contribution in [2.45, 2.75) is 12.2 Å².